The maximum atomic E-state index is 13.9. The number of halogens is 1. The van der Waals surface area contributed by atoms with Gasteiger partial charge in [0.2, 0.25) is 0 Å². The predicted octanol–water partition coefficient (Wildman–Crippen LogP) is 2.52. The number of aryl methyl sites for hydroxylation is 1. The van der Waals surface area contributed by atoms with Crippen LogP contribution >= 0.6 is 0 Å². The highest BCUT2D eigenvalue weighted by atomic mass is 19.1. The molecule has 0 atom stereocenters. The van der Waals surface area contributed by atoms with E-state index in [9.17, 15) is 9.18 Å². The smallest absolute Gasteiger partial charge is 0.192 e. The molecule has 0 saturated carbocycles. The van der Waals surface area contributed by atoms with Gasteiger partial charge in [0.25, 0.3) is 0 Å². The van der Waals surface area contributed by atoms with Crippen LogP contribution < -0.4 is 5.43 Å². The molecule has 0 aliphatic rings. The van der Waals surface area contributed by atoms with Crippen molar-refractivity contribution in [2.45, 2.75) is 6.92 Å². The summed E-state index contributed by atoms with van der Waals surface area (Å²) in [6.07, 6.45) is 1.63. The molecule has 0 radical (unpaired) electrons. The topological polar surface area (TPSA) is 45.8 Å². The fourth-order valence-corrected chi connectivity index (χ4v) is 2.05. The standard InChI is InChI=1S/C13H9FN2O/c1-7-5-10(17)11-9(14)6-8-3-2-4-15-12(8)13(11)16-7/h2-6H,1H3,(H,16,17). The largest absolute Gasteiger partial charge is 0.357 e. The summed E-state index contributed by atoms with van der Waals surface area (Å²) in [4.78, 5) is 19.0. The minimum Gasteiger partial charge on any atom is -0.357 e. The number of nitrogens with one attached hydrogen (secondary N) is 1. The third-order valence-electron chi connectivity index (χ3n) is 2.76. The molecule has 0 saturated heterocycles. The highest BCUT2D eigenvalue weighted by Gasteiger charge is 2.10. The molecule has 3 nitrogen and oxygen atoms in total. The zero-order chi connectivity index (χ0) is 12.0. The van der Waals surface area contributed by atoms with Crippen molar-refractivity contribution in [1.29, 1.82) is 0 Å². The Bertz CT molecular complexity index is 792. The maximum Gasteiger partial charge on any atom is 0.192 e. The summed E-state index contributed by atoms with van der Waals surface area (Å²) >= 11 is 0. The molecule has 1 aromatic carbocycles. The normalized spacial score (nSPS) is 11.2. The second kappa shape index (κ2) is 3.38. The van der Waals surface area contributed by atoms with Gasteiger partial charge in [-0.15, -0.1) is 0 Å². The third kappa shape index (κ3) is 1.41. The number of aromatic nitrogens is 2. The van der Waals surface area contributed by atoms with Gasteiger partial charge in [-0.3, -0.25) is 9.78 Å². The van der Waals surface area contributed by atoms with Crippen molar-refractivity contribution in [2.24, 2.45) is 0 Å². The Balaban J connectivity index is 2.70. The molecular weight excluding hydrogens is 219 g/mol. The minimum absolute atomic E-state index is 0.0711. The zero-order valence-electron chi connectivity index (χ0n) is 9.12. The molecule has 3 rings (SSSR count). The Morgan fingerprint density at radius 3 is 3.00 bits per heavy atom. The minimum atomic E-state index is -0.512. The summed E-state index contributed by atoms with van der Waals surface area (Å²) in [7, 11) is 0. The molecule has 0 aliphatic carbocycles. The number of hydrogen-bond acceptors (Lipinski definition) is 2. The van der Waals surface area contributed by atoms with Crippen LogP contribution in [0.2, 0.25) is 0 Å². The first-order valence-electron chi connectivity index (χ1n) is 5.23. The summed E-state index contributed by atoms with van der Waals surface area (Å²) < 4.78 is 13.9. The zero-order valence-corrected chi connectivity index (χ0v) is 9.12. The van der Waals surface area contributed by atoms with Crippen LogP contribution in [0, 0.1) is 12.7 Å². The van der Waals surface area contributed by atoms with Crippen LogP contribution in [-0.4, -0.2) is 9.97 Å². The number of hydrogen-bond donors (Lipinski definition) is 1. The number of pyridine rings is 2. The molecule has 1 N–H and O–H groups in total. The molecule has 84 valence electrons. The quantitative estimate of drug-likeness (QED) is 0.601. The molecule has 4 heteroatoms. The summed E-state index contributed by atoms with van der Waals surface area (Å²) in [5.41, 5.74) is 1.46. The van der Waals surface area contributed by atoms with Crippen LogP contribution in [0.1, 0.15) is 5.69 Å². The van der Waals surface area contributed by atoms with Gasteiger partial charge in [-0.05, 0) is 19.1 Å². The van der Waals surface area contributed by atoms with Gasteiger partial charge in [0, 0.05) is 23.3 Å². The number of H-pyrrole nitrogens is 1. The molecule has 2 aromatic heterocycles. The van der Waals surface area contributed by atoms with Crippen molar-refractivity contribution in [2.75, 3.05) is 0 Å². The first kappa shape index (κ1) is 9.96. The molecular formula is C13H9FN2O. The van der Waals surface area contributed by atoms with E-state index in [-0.39, 0.29) is 10.8 Å². The monoisotopic (exact) mass is 228 g/mol. The van der Waals surface area contributed by atoms with E-state index < -0.39 is 5.82 Å². The van der Waals surface area contributed by atoms with E-state index in [1.165, 1.54) is 12.1 Å². The van der Waals surface area contributed by atoms with Crippen LogP contribution in [0.25, 0.3) is 21.8 Å². The lowest BCUT2D eigenvalue weighted by Crippen LogP contribution is -2.06. The van der Waals surface area contributed by atoms with Gasteiger partial charge < -0.3 is 4.98 Å². The van der Waals surface area contributed by atoms with E-state index in [4.69, 9.17) is 0 Å². The number of benzene rings is 1. The van der Waals surface area contributed by atoms with E-state index in [0.29, 0.717) is 22.1 Å². The second-order valence-electron chi connectivity index (χ2n) is 4.00. The molecule has 0 amide bonds. The van der Waals surface area contributed by atoms with Gasteiger partial charge in [0.1, 0.15) is 5.82 Å². The van der Waals surface area contributed by atoms with Crippen LogP contribution in [0.3, 0.4) is 0 Å². The van der Waals surface area contributed by atoms with Gasteiger partial charge in [-0.2, -0.15) is 0 Å². The Labute approximate surface area is 95.9 Å². The van der Waals surface area contributed by atoms with Crippen LogP contribution in [0.5, 0.6) is 0 Å². The highest BCUT2D eigenvalue weighted by Crippen LogP contribution is 2.22. The Morgan fingerprint density at radius 2 is 2.18 bits per heavy atom. The fraction of sp³-hybridized carbons (Fsp3) is 0.0769. The summed E-state index contributed by atoms with van der Waals surface area (Å²) in [6, 6.07) is 6.24. The number of rotatable bonds is 0. The lowest BCUT2D eigenvalue weighted by molar-refractivity contribution is 0.640. The van der Waals surface area contributed by atoms with Crippen molar-refractivity contribution < 1.29 is 4.39 Å². The van der Waals surface area contributed by atoms with E-state index in [1.807, 2.05) is 0 Å². The van der Waals surface area contributed by atoms with E-state index >= 15 is 0 Å². The van der Waals surface area contributed by atoms with Gasteiger partial charge in [0.15, 0.2) is 5.43 Å². The summed E-state index contributed by atoms with van der Waals surface area (Å²) in [6.45, 7) is 1.76. The Hall–Kier alpha value is -2.23. The first-order valence-corrected chi connectivity index (χ1v) is 5.23. The van der Waals surface area contributed by atoms with Gasteiger partial charge in [0.05, 0.1) is 16.4 Å². The average molecular weight is 228 g/mol. The predicted molar refractivity (Wildman–Crippen MR) is 64.6 cm³/mol. The van der Waals surface area contributed by atoms with Gasteiger partial charge in [-0.25, -0.2) is 4.39 Å². The Morgan fingerprint density at radius 1 is 1.35 bits per heavy atom. The number of aromatic amines is 1. The van der Waals surface area contributed by atoms with E-state index in [2.05, 4.69) is 9.97 Å². The molecule has 0 unspecified atom stereocenters. The van der Waals surface area contributed by atoms with Crippen molar-refractivity contribution >= 4 is 21.8 Å². The molecule has 0 aliphatic heterocycles. The average Bonchev–Trinajstić information content (AvgIpc) is 2.28. The van der Waals surface area contributed by atoms with Gasteiger partial charge in [-0.1, -0.05) is 6.07 Å². The maximum absolute atomic E-state index is 13.9. The summed E-state index contributed by atoms with van der Waals surface area (Å²) in [5, 5.41) is 0.751. The Kier molecular flexibility index (Phi) is 1.98. The molecule has 0 fully saturated rings. The van der Waals surface area contributed by atoms with Crippen LogP contribution in [0.15, 0.2) is 35.3 Å². The lowest BCUT2D eigenvalue weighted by atomic mass is 10.1. The van der Waals surface area contributed by atoms with Gasteiger partial charge >= 0.3 is 0 Å². The van der Waals surface area contributed by atoms with E-state index in [1.54, 1.807) is 25.3 Å². The molecule has 2 heterocycles. The summed E-state index contributed by atoms with van der Waals surface area (Å²) in [5.74, 6) is -0.512. The second-order valence-corrected chi connectivity index (χ2v) is 4.00. The SMILES string of the molecule is Cc1cc(=O)c2c(F)cc3cccnc3c2[nH]1. The van der Waals surface area contributed by atoms with Crippen molar-refractivity contribution in [3.63, 3.8) is 0 Å². The van der Waals surface area contributed by atoms with Crippen molar-refractivity contribution in [3.8, 4) is 0 Å². The first-order chi connectivity index (χ1) is 8.16. The van der Waals surface area contributed by atoms with Crippen LogP contribution in [-0.2, 0) is 0 Å². The highest BCUT2D eigenvalue weighted by molar-refractivity contribution is 6.02. The molecule has 3 aromatic rings. The number of fused-ring (bicyclic) bond motifs is 3. The molecule has 0 bridgehead atoms. The van der Waals surface area contributed by atoms with Crippen LogP contribution in [0.4, 0.5) is 4.39 Å². The van der Waals surface area contributed by atoms with Crippen molar-refractivity contribution in [3.05, 3.63) is 52.2 Å². The van der Waals surface area contributed by atoms with E-state index in [0.717, 1.165) is 0 Å². The van der Waals surface area contributed by atoms with Crippen molar-refractivity contribution in [1.82, 2.24) is 9.97 Å². The third-order valence-corrected chi connectivity index (χ3v) is 2.76. The fourth-order valence-electron chi connectivity index (χ4n) is 2.05. The molecule has 17 heavy (non-hydrogen) atoms. The number of nitrogens with zero attached hydrogens (tertiary/aromatic N) is 1. The lowest BCUT2D eigenvalue weighted by Gasteiger charge is -2.05. The molecule has 0 spiro atoms.